The maximum Gasteiger partial charge on any atom is 0.385 e. The molecule has 152 valence electrons. The van der Waals surface area contributed by atoms with E-state index < -0.39 is 64.4 Å². The molecular weight excluding hydrogens is 388 g/mol. The Labute approximate surface area is 163 Å². The van der Waals surface area contributed by atoms with Gasteiger partial charge in [-0.05, 0) is 19.1 Å². The number of fused-ring (bicyclic) bond motifs is 1. The van der Waals surface area contributed by atoms with Gasteiger partial charge in [0.1, 0.15) is 0 Å². The highest BCUT2D eigenvalue weighted by Crippen LogP contribution is 2.43. The van der Waals surface area contributed by atoms with Gasteiger partial charge >= 0.3 is 11.9 Å². The lowest BCUT2D eigenvalue weighted by Gasteiger charge is -2.46. The van der Waals surface area contributed by atoms with Crippen molar-refractivity contribution in [1.82, 2.24) is 4.90 Å². The molecule has 0 aromatic heterocycles. The van der Waals surface area contributed by atoms with E-state index in [0.29, 0.717) is 0 Å². The van der Waals surface area contributed by atoms with Crippen LogP contribution in [-0.4, -0.2) is 62.5 Å². The summed E-state index contributed by atoms with van der Waals surface area (Å²) in [6, 6.07) is 1.72. The minimum atomic E-state index is -1.70. The van der Waals surface area contributed by atoms with Crippen molar-refractivity contribution >= 4 is 35.1 Å². The minimum absolute atomic E-state index is 0.213. The van der Waals surface area contributed by atoms with Crippen LogP contribution in [0, 0.1) is 22.0 Å². The largest absolute Gasteiger partial charge is 0.393 e. The predicted octanol–water partition coefficient (Wildman–Crippen LogP) is -0.358. The molecule has 0 aliphatic carbocycles. The topological polar surface area (TPSA) is 161 Å². The number of nitro groups is 1. The molecule has 2 heterocycles. The van der Waals surface area contributed by atoms with Gasteiger partial charge in [-0.25, -0.2) is 9.59 Å². The molecule has 1 aromatic carbocycles. The number of carbonyl (C=O) groups is 5. The molecule has 1 N–H and O–H groups in total. The lowest BCUT2D eigenvalue weighted by Crippen LogP contribution is -2.66. The third kappa shape index (κ3) is 3.18. The van der Waals surface area contributed by atoms with Crippen molar-refractivity contribution in [2.75, 3.05) is 0 Å². The van der Waals surface area contributed by atoms with Crippen molar-refractivity contribution in [3.63, 3.8) is 0 Å². The second-order valence-electron chi connectivity index (χ2n) is 6.94. The van der Waals surface area contributed by atoms with Crippen LogP contribution >= 0.6 is 0 Å². The summed E-state index contributed by atoms with van der Waals surface area (Å²) < 4.78 is 4.47. The molecule has 1 amide bonds. The summed E-state index contributed by atoms with van der Waals surface area (Å²) in [4.78, 5) is 72.1. The molecule has 0 radical (unpaired) electrons. The van der Waals surface area contributed by atoms with Crippen LogP contribution in [0.1, 0.15) is 24.2 Å². The molecular formula is C18H16N2O9. The summed E-state index contributed by atoms with van der Waals surface area (Å²) in [7, 11) is 0. The molecule has 0 spiro atoms. The highest BCUT2D eigenvalue weighted by atomic mass is 16.6. The summed E-state index contributed by atoms with van der Waals surface area (Å²) in [5, 5.41) is 20.3. The Kier molecular flexibility index (Phi) is 5.01. The minimum Gasteiger partial charge on any atom is -0.393 e. The first-order valence-electron chi connectivity index (χ1n) is 8.65. The molecule has 29 heavy (non-hydrogen) atoms. The molecule has 2 aliphatic rings. The highest BCUT2D eigenvalue weighted by molar-refractivity contribution is 6.43. The standard InChI is InChI=1S/C18H16N2O9/c1-7-12-11(8(2)21)16(24)19(12)13(14(7)22)15(23)18(26)29-17(25)9-3-5-10(6-4-9)20(27)28/h3-8,11-13,21H,1-2H3/t7-,8-,11-,12-,13?/m1/s1. The molecule has 11 heteroatoms. The number of aliphatic hydroxyl groups is 1. The van der Waals surface area contributed by atoms with E-state index in [2.05, 4.69) is 4.74 Å². The number of esters is 2. The average Bonchev–Trinajstić information content (AvgIpc) is 2.88. The summed E-state index contributed by atoms with van der Waals surface area (Å²) >= 11 is 0. The van der Waals surface area contributed by atoms with Gasteiger partial charge in [0.15, 0.2) is 11.8 Å². The summed E-state index contributed by atoms with van der Waals surface area (Å²) in [5.41, 5.74) is -0.501. The first-order chi connectivity index (χ1) is 13.6. The maximum atomic E-state index is 12.4. The number of aliphatic hydroxyl groups excluding tert-OH is 1. The van der Waals surface area contributed by atoms with Gasteiger partial charge in [-0.2, -0.15) is 0 Å². The summed E-state index contributed by atoms with van der Waals surface area (Å²) in [5.74, 6) is -7.12. The van der Waals surface area contributed by atoms with E-state index in [4.69, 9.17) is 0 Å². The number of nitrogens with zero attached hydrogens (tertiary/aromatic N) is 2. The third-order valence-electron chi connectivity index (χ3n) is 5.21. The smallest absolute Gasteiger partial charge is 0.385 e. The summed E-state index contributed by atoms with van der Waals surface area (Å²) in [6.45, 7) is 2.88. The van der Waals surface area contributed by atoms with Crippen LogP contribution in [0.15, 0.2) is 24.3 Å². The van der Waals surface area contributed by atoms with Crippen molar-refractivity contribution < 1.29 is 38.7 Å². The molecule has 5 atom stereocenters. The number of ketones is 2. The molecule has 0 bridgehead atoms. The van der Waals surface area contributed by atoms with Crippen molar-refractivity contribution in [3.8, 4) is 0 Å². The number of rotatable bonds is 5. The molecule has 0 saturated carbocycles. The van der Waals surface area contributed by atoms with Gasteiger partial charge in [0.2, 0.25) is 5.91 Å². The normalized spacial score (nSPS) is 26.4. The van der Waals surface area contributed by atoms with Crippen LogP contribution in [0.3, 0.4) is 0 Å². The lowest BCUT2D eigenvalue weighted by atomic mass is 9.79. The number of benzene rings is 1. The fourth-order valence-electron chi connectivity index (χ4n) is 3.73. The quantitative estimate of drug-likeness (QED) is 0.172. The Morgan fingerprint density at radius 3 is 2.31 bits per heavy atom. The zero-order valence-corrected chi connectivity index (χ0v) is 15.3. The van der Waals surface area contributed by atoms with E-state index >= 15 is 0 Å². The predicted molar refractivity (Wildman–Crippen MR) is 92.3 cm³/mol. The highest BCUT2D eigenvalue weighted by Gasteiger charge is 2.65. The Hall–Kier alpha value is -3.47. The van der Waals surface area contributed by atoms with E-state index in [-0.39, 0.29) is 11.3 Å². The number of Topliss-reactive ketones (excluding diaryl/α,β-unsaturated/α-hetero) is 2. The number of carbonyl (C=O) groups excluding carboxylic acids is 5. The van der Waals surface area contributed by atoms with Crippen LogP contribution < -0.4 is 0 Å². The van der Waals surface area contributed by atoms with E-state index in [0.717, 1.165) is 29.2 Å². The Morgan fingerprint density at radius 1 is 1.21 bits per heavy atom. The van der Waals surface area contributed by atoms with Crippen molar-refractivity contribution in [2.45, 2.75) is 32.0 Å². The number of hydrogen-bond donors (Lipinski definition) is 1. The first kappa shape index (κ1) is 20.3. The zero-order valence-electron chi connectivity index (χ0n) is 15.3. The van der Waals surface area contributed by atoms with Gasteiger partial charge in [0.05, 0.1) is 28.6 Å². The van der Waals surface area contributed by atoms with Gasteiger partial charge in [-0.15, -0.1) is 0 Å². The Morgan fingerprint density at radius 2 is 1.79 bits per heavy atom. The van der Waals surface area contributed by atoms with Gasteiger partial charge in [-0.3, -0.25) is 24.5 Å². The van der Waals surface area contributed by atoms with Crippen LogP contribution in [0.4, 0.5) is 5.69 Å². The molecule has 11 nitrogen and oxygen atoms in total. The fourth-order valence-corrected chi connectivity index (χ4v) is 3.73. The lowest BCUT2D eigenvalue weighted by molar-refractivity contribution is -0.384. The number of nitro benzene ring substituents is 1. The number of amides is 1. The number of β-lactam (4-membered cyclic amide) rings is 1. The maximum absolute atomic E-state index is 12.4. The van der Waals surface area contributed by atoms with E-state index in [1.165, 1.54) is 13.8 Å². The molecule has 2 fully saturated rings. The SMILES string of the molecule is C[C@@H](O)[C@H]1C(=O)N2C(C(=O)C(=O)OC(=O)c3ccc([N+](=O)[O-])cc3)C(=O)[C@H](C)[C@H]12. The fraction of sp³-hybridized carbons (Fsp3) is 0.389. The molecule has 1 aromatic rings. The van der Waals surface area contributed by atoms with E-state index in [9.17, 15) is 39.2 Å². The average molecular weight is 404 g/mol. The van der Waals surface area contributed by atoms with Crippen LogP contribution in [0.25, 0.3) is 0 Å². The van der Waals surface area contributed by atoms with Gasteiger partial charge < -0.3 is 14.7 Å². The summed E-state index contributed by atoms with van der Waals surface area (Å²) in [6.07, 6.45) is -1.02. The molecule has 1 unspecified atom stereocenters. The third-order valence-corrected chi connectivity index (χ3v) is 5.21. The van der Waals surface area contributed by atoms with Crippen molar-refractivity contribution in [3.05, 3.63) is 39.9 Å². The molecule has 2 aliphatic heterocycles. The van der Waals surface area contributed by atoms with Crippen LogP contribution in [-0.2, 0) is 23.9 Å². The monoisotopic (exact) mass is 404 g/mol. The Balaban J connectivity index is 1.72. The molecule has 3 rings (SSSR count). The van der Waals surface area contributed by atoms with Crippen LogP contribution in [0.5, 0.6) is 0 Å². The van der Waals surface area contributed by atoms with Crippen LogP contribution in [0.2, 0.25) is 0 Å². The Bertz CT molecular complexity index is 937. The van der Waals surface area contributed by atoms with Crippen molar-refractivity contribution in [1.29, 1.82) is 0 Å². The number of hydrogen-bond acceptors (Lipinski definition) is 9. The molecule has 2 saturated heterocycles. The van der Waals surface area contributed by atoms with Gasteiger partial charge in [0.25, 0.3) is 11.5 Å². The number of non-ortho nitro benzene ring substituents is 1. The first-order valence-corrected chi connectivity index (χ1v) is 8.65. The zero-order chi connectivity index (χ0) is 21.6. The number of ether oxygens (including phenoxy) is 1. The second-order valence-corrected chi connectivity index (χ2v) is 6.94. The second kappa shape index (κ2) is 7.17. The van der Waals surface area contributed by atoms with E-state index in [1.807, 2.05) is 0 Å². The van der Waals surface area contributed by atoms with E-state index in [1.54, 1.807) is 0 Å². The van der Waals surface area contributed by atoms with Gasteiger partial charge in [0, 0.05) is 18.1 Å². The van der Waals surface area contributed by atoms with Gasteiger partial charge in [-0.1, -0.05) is 6.92 Å². The van der Waals surface area contributed by atoms with Crippen molar-refractivity contribution in [2.24, 2.45) is 11.8 Å².